The van der Waals surface area contributed by atoms with Gasteiger partial charge in [0.25, 0.3) is 0 Å². The normalized spacial score (nSPS) is 18.6. The SMILES string of the molecule is CCCCCCCCCCCCCCCCNC(=O)CCNC(=O)[C@H]1CCCC[C@@H]1N. The third-order valence-electron chi connectivity index (χ3n) is 6.66. The molecule has 0 radical (unpaired) electrons. The Bertz CT molecular complexity index is 456. The minimum atomic E-state index is -0.0765. The molecule has 5 heteroatoms. The van der Waals surface area contributed by atoms with E-state index in [9.17, 15) is 9.59 Å². The summed E-state index contributed by atoms with van der Waals surface area (Å²) in [5.41, 5.74) is 6.04. The molecule has 0 bridgehead atoms. The van der Waals surface area contributed by atoms with E-state index >= 15 is 0 Å². The molecule has 2 amide bonds. The van der Waals surface area contributed by atoms with E-state index in [1.54, 1.807) is 0 Å². The first-order valence-corrected chi connectivity index (χ1v) is 13.4. The standard InChI is InChI=1S/C26H51N3O2/c1-2-3-4-5-6-7-8-9-10-11-12-13-14-17-21-28-25(30)20-22-29-26(31)23-18-15-16-19-24(23)27/h23-24H,2-22,27H2,1H3,(H,28,30)(H,29,31)/t23-,24-/m0/s1. The van der Waals surface area contributed by atoms with Gasteiger partial charge >= 0.3 is 0 Å². The number of nitrogens with one attached hydrogen (secondary N) is 2. The number of carbonyl (C=O) groups is 2. The second-order valence-electron chi connectivity index (χ2n) is 9.54. The van der Waals surface area contributed by atoms with Crippen molar-refractivity contribution in [3.8, 4) is 0 Å². The predicted molar refractivity (Wildman–Crippen MR) is 131 cm³/mol. The van der Waals surface area contributed by atoms with Gasteiger partial charge in [-0.05, 0) is 19.3 Å². The molecule has 0 aromatic heterocycles. The largest absolute Gasteiger partial charge is 0.356 e. The van der Waals surface area contributed by atoms with E-state index in [-0.39, 0.29) is 23.8 Å². The van der Waals surface area contributed by atoms with Crippen molar-refractivity contribution in [2.75, 3.05) is 13.1 Å². The fourth-order valence-corrected chi connectivity index (χ4v) is 4.55. The molecule has 31 heavy (non-hydrogen) atoms. The molecule has 0 aromatic rings. The van der Waals surface area contributed by atoms with Crippen LogP contribution in [-0.4, -0.2) is 30.9 Å². The second kappa shape index (κ2) is 19.6. The number of hydrogen-bond acceptors (Lipinski definition) is 3. The first-order valence-electron chi connectivity index (χ1n) is 13.4. The predicted octanol–water partition coefficient (Wildman–Crippen LogP) is 5.61. The van der Waals surface area contributed by atoms with Gasteiger partial charge in [0, 0.05) is 25.6 Å². The molecule has 0 spiro atoms. The first kappa shape index (κ1) is 27.9. The number of carbonyl (C=O) groups excluding carboxylic acids is 2. The maximum atomic E-state index is 12.2. The Balaban J connectivity index is 1.82. The van der Waals surface area contributed by atoms with Crippen LogP contribution in [0.15, 0.2) is 0 Å². The summed E-state index contributed by atoms with van der Waals surface area (Å²) < 4.78 is 0. The van der Waals surface area contributed by atoms with Crippen LogP contribution in [0.1, 0.15) is 129 Å². The maximum Gasteiger partial charge on any atom is 0.224 e. The summed E-state index contributed by atoms with van der Waals surface area (Å²) in [4.78, 5) is 24.1. The van der Waals surface area contributed by atoms with Crippen LogP contribution in [0.2, 0.25) is 0 Å². The lowest BCUT2D eigenvalue weighted by Crippen LogP contribution is -2.44. The number of rotatable bonds is 19. The molecule has 2 atom stereocenters. The van der Waals surface area contributed by atoms with Crippen molar-refractivity contribution in [2.24, 2.45) is 11.7 Å². The van der Waals surface area contributed by atoms with Crippen molar-refractivity contribution in [1.82, 2.24) is 10.6 Å². The highest BCUT2D eigenvalue weighted by atomic mass is 16.2. The molecule has 1 aliphatic carbocycles. The van der Waals surface area contributed by atoms with Crippen LogP contribution in [0.4, 0.5) is 0 Å². The second-order valence-corrected chi connectivity index (χ2v) is 9.54. The van der Waals surface area contributed by atoms with Crippen molar-refractivity contribution in [3.05, 3.63) is 0 Å². The van der Waals surface area contributed by atoms with Crippen molar-refractivity contribution in [2.45, 2.75) is 135 Å². The molecule has 1 saturated carbocycles. The maximum absolute atomic E-state index is 12.2. The van der Waals surface area contributed by atoms with Gasteiger partial charge in [0.05, 0.1) is 5.92 Å². The Labute approximate surface area is 192 Å². The Morgan fingerprint density at radius 3 is 1.77 bits per heavy atom. The van der Waals surface area contributed by atoms with Gasteiger partial charge in [0.15, 0.2) is 0 Å². The zero-order valence-corrected chi connectivity index (χ0v) is 20.4. The first-order chi connectivity index (χ1) is 15.1. The molecule has 0 aromatic carbocycles. The fourth-order valence-electron chi connectivity index (χ4n) is 4.55. The van der Waals surface area contributed by atoms with Crippen molar-refractivity contribution in [1.29, 1.82) is 0 Å². The van der Waals surface area contributed by atoms with E-state index in [1.165, 1.54) is 83.5 Å². The summed E-state index contributed by atoms with van der Waals surface area (Å²) in [6.07, 6.45) is 23.1. The lowest BCUT2D eigenvalue weighted by atomic mass is 9.84. The molecule has 5 nitrogen and oxygen atoms in total. The average molecular weight is 438 g/mol. The van der Waals surface area contributed by atoms with E-state index in [2.05, 4.69) is 17.6 Å². The molecule has 182 valence electrons. The van der Waals surface area contributed by atoms with Crippen LogP contribution < -0.4 is 16.4 Å². The van der Waals surface area contributed by atoms with E-state index in [1.807, 2.05) is 0 Å². The van der Waals surface area contributed by atoms with Crippen LogP contribution >= 0.6 is 0 Å². The molecule has 0 aliphatic heterocycles. The van der Waals surface area contributed by atoms with Crippen molar-refractivity contribution < 1.29 is 9.59 Å². The Morgan fingerprint density at radius 2 is 1.23 bits per heavy atom. The average Bonchev–Trinajstić information content (AvgIpc) is 2.76. The lowest BCUT2D eigenvalue weighted by molar-refractivity contribution is -0.126. The third-order valence-corrected chi connectivity index (χ3v) is 6.66. The summed E-state index contributed by atoms with van der Waals surface area (Å²) >= 11 is 0. The van der Waals surface area contributed by atoms with Gasteiger partial charge < -0.3 is 16.4 Å². The van der Waals surface area contributed by atoms with Gasteiger partial charge in [0.1, 0.15) is 0 Å². The van der Waals surface area contributed by atoms with Crippen LogP contribution in [0.5, 0.6) is 0 Å². The Hall–Kier alpha value is -1.10. The zero-order chi connectivity index (χ0) is 22.6. The van der Waals surface area contributed by atoms with Gasteiger partial charge in [-0.3, -0.25) is 9.59 Å². The Kier molecular flexibility index (Phi) is 17.6. The minimum Gasteiger partial charge on any atom is -0.356 e. The van der Waals surface area contributed by atoms with Gasteiger partial charge in [-0.25, -0.2) is 0 Å². The Morgan fingerprint density at radius 1 is 0.710 bits per heavy atom. The topological polar surface area (TPSA) is 84.2 Å². The smallest absolute Gasteiger partial charge is 0.224 e. The summed E-state index contributed by atoms with van der Waals surface area (Å²) in [7, 11) is 0. The molecular formula is C26H51N3O2. The zero-order valence-electron chi connectivity index (χ0n) is 20.4. The van der Waals surface area contributed by atoms with E-state index in [0.29, 0.717) is 13.0 Å². The van der Waals surface area contributed by atoms with Gasteiger partial charge in [0.2, 0.25) is 11.8 Å². The number of unbranched alkanes of at least 4 members (excludes halogenated alkanes) is 13. The summed E-state index contributed by atoms with van der Waals surface area (Å²) in [6, 6.07) is -0.0251. The van der Waals surface area contributed by atoms with E-state index < -0.39 is 0 Å². The van der Waals surface area contributed by atoms with Crippen LogP contribution in [-0.2, 0) is 9.59 Å². The molecular weight excluding hydrogens is 386 g/mol. The van der Waals surface area contributed by atoms with Gasteiger partial charge in [-0.2, -0.15) is 0 Å². The molecule has 0 saturated heterocycles. The summed E-state index contributed by atoms with van der Waals surface area (Å²) in [6.45, 7) is 3.43. The van der Waals surface area contributed by atoms with E-state index in [4.69, 9.17) is 5.73 Å². The highest BCUT2D eigenvalue weighted by molar-refractivity contribution is 5.81. The van der Waals surface area contributed by atoms with Crippen molar-refractivity contribution >= 4 is 11.8 Å². The minimum absolute atomic E-state index is 0.0203. The van der Waals surface area contributed by atoms with Crippen LogP contribution in [0.3, 0.4) is 0 Å². The fraction of sp³-hybridized carbons (Fsp3) is 0.923. The van der Waals surface area contributed by atoms with Crippen LogP contribution in [0.25, 0.3) is 0 Å². The monoisotopic (exact) mass is 437 g/mol. The molecule has 1 fully saturated rings. The molecule has 1 rings (SSSR count). The highest BCUT2D eigenvalue weighted by Crippen LogP contribution is 2.22. The third kappa shape index (κ3) is 15.4. The lowest BCUT2D eigenvalue weighted by Gasteiger charge is -2.27. The molecule has 0 heterocycles. The van der Waals surface area contributed by atoms with Crippen molar-refractivity contribution in [3.63, 3.8) is 0 Å². The number of hydrogen-bond donors (Lipinski definition) is 3. The summed E-state index contributed by atoms with van der Waals surface area (Å²) in [5.74, 6) is -0.0257. The molecule has 4 N–H and O–H groups in total. The number of nitrogens with two attached hydrogens (primary N) is 1. The number of amides is 2. The molecule has 0 unspecified atom stereocenters. The van der Waals surface area contributed by atoms with Gasteiger partial charge in [-0.15, -0.1) is 0 Å². The molecule has 1 aliphatic rings. The van der Waals surface area contributed by atoms with Gasteiger partial charge in [-0.1, -0.05) is 103 Å². The highest BCUT2D eigenvalue weighted by Gasteiger charge is 2.27. The quantitative estimate of drug-likeness (QED) is 0.230. The van der Waals surface area contributed by atoms with Crippen LogP contribution in [0, 0.1) is 5.92 Å². The van der Waals surface area contributed by atoms with E-state index in [0.717, 1.165) is 38.6 Å². The summed E-state index contributed by atoms with van der Waals surface area (Å²) in [5, 5.41) is 5.86.